The Kier molecular flexibility index (Phi) is 40.9. The van der Waals surface area contributed by atoms with E-state index in [-0.39, 0.29) is 24.5 Å². The van der Waals surface area contributed by atoms with Crippen LogP contribution in [0.15, 0.2) is 24.3 Å². The number of ether oxygens (including phenoxy) is 1. The smallest absolute Gasteiger partial charge is 0.328 e. The average Bonchev–Trinajstić information content (AvgIpc) is 3.20. The van der Waals surface area contributed by atoms with Gasteiger partial charge in [-0.1, -0.05) is 173 Å². The number of unbranched alkanes of at least 4 members (excludes halogenated alkanes) is 25. The molecule has 332 valence electrons. The van der Waals surface area contributed by atoms with E-state index in [4.69, 9.17) is 14.9 Å². The van der Waals surface area contributed by atoms with Crippen LogP contribution in [0.1, 0.15) is 232 Å². The molecule has 2 amide bonds. The van der Waals surface area contributed by atoms with Crippen molar-refractivity contribution in [2.45, 2.75) is 244 Å². The lowest BCUT2D eigenvalue weighted by atomic mass is 10.0. The molecular weight excluding hydrogens is 717 g/mol. The van der Waals surface area contributed by atoms with Crippen molar-refractivity contribution in [1.82, 2.24) is 10.6 Å². The summed E-state index contributed by atoms with van der Waals surface area (Å²) < 4.78 is 6.04. The molecule has 9 heteroatoms. The molecule has 0 aliphatic carbocycles. The third-order valence-electron chi connectivity index (χ3n) is 10.7. The highest BCUT2D eigenvalue weighted by Gasteiger charge is 2.19. The highest BCUT2D eigenvalue weighted by molar-refractivity contribution is 5.87. The van der Waals surface area contributed by atoms with Crippen molar-refractivity contribution in [3.8, 4) is 0 Å². The fourth-order valence-corrected chi connectivity index (χ4v) is 7.04. The van der Waals surface area contributed by atoms with Crippen molar-refractivity contribution in [1.29, 1.82) is 0 Å². The van der Waals surface area contributed by atoms with Crippen molar-refractivity contribution in [3.63, 3.8) is 0 Å². The summed E-state index contributed by atoms with van der Waals surface area (Å²) in [6, 6.07) is -1.38. The highest BCUT2D eigenvalue weighted by Crippen LogP contribution is 2.19. The van der Waals surface area contributed by atoms with Gasteiger partial charge in [-0.2, -0.15) is 0 Å². The quantitative estimate of drug-likeness (QED) is 0.0273. The predicted octanol–water partition coefficient (Wildman–Crippen LogP) is 12.0. The van der Waals surface area contributed by atoms with Gasteiger partial charge in [-0.05, 0) is 70.6 Å². The fourth-order valence-electron chi connectivity index (χ4n) is 7.04. The van der Waals surface area contributed by atoms with Crippen molar-refractivity contribution in [2.24, 2.45) is 0 Å². The predicted molar refractivity (Wildman–Crippen MR) is 236 cm³/mol. The lowest BCUT2D eigenvalue weighted by molar-refractivity contribution is -0.150. The fraction of sp³-hybridized carbons (Fsp3) is 0.833. The van der Waals surface area contributed by atoms with Crippen LogP contribution in [0.2, 0.25) is 0 Å². The molecule has 0 aromatic heterocycles. The SMILES string of the molecule is CCCCCC/C=C\C/C=C\CCCCCCCCCC(=O)OC(CCCCCCCCCCCCC)CCCCCCCC(=O)NCC(=O)NC(CO)C(=O)O. The van der Waals surface area contributed by atoms with Crippen molar-refractivity contribution >= 4 is 23.8 Å². The number of nitrogens with one attached hydrogen (secondary N) is 2. The van der Waals surface area contributed by atoms with Gasteiger partial charge in [0.25, 0.3) is 0 Å². The maximum atomic E-state index is 12.8. The van der Waals surface area contributed by atoms with Gasteiger partial charge >= 0.3 is 11.9 Å². The van der Waals surface area contributed by atoms with E-state index in [2.05, 4.69) is 48.8 Å². The van der Waals surface area contributed by atoms with E-state index in [1.807, 2.05) is 0 Å². The van der Waals surface area contributed by atoms with Gasteiger partial charge in [0.2, 0.25) is 11.8 Å². The summed E-state index contributed by atoms with van der Waals surface area (Å²) in [7, 11) is 0. The molecule has 0 aromatic rings. The maximum Gasteiger partial charge on any atom is 0.328 e. The number of hydrogen-bond donors (Lipinski definition) is 4. The number of rotatable bonds is 43. The van der Waals surface area contributed by atoms with Gasteiger partial charge < -0.3 is 25.6 Å². The first-order valence-electron chi connectivity index (χ1n) is 23.7. The number of carboxylic acids is 1. The first-order valence-corrected chi connectivity index (χ1v) is 23.7. The standard InChI is InChI=1S/C48H88N2O7/c1-3-5-7-9-11-13-15-16-17-18-19-20-21-23-25-27-32-36-40-47(54)57-43(37-33-29-26-24-22-14-12-10-8-6-4-2)38-34-30-28-31-35-39-45(52)49-41-46(53)50-44(42-51)48(55)56/h13,15,17-18,43-44,51H,3-12,14,16,19-42H2,1-2H3,(H,49,52)(H,50,53)(H,55,56)/b15-13-,18-17-. The second-order valence-corrected chi connectivity index (χ2v) is 16.2. The van der Waals surface area contributed by atoms with E-state index in [1.165, 1.54) is 135 Å². The monoisotopic (exact) mass is 805 g/mol. The van der Waals surface area contributed by atoms with Crippen LogP contribution in [-0.4, -0.2) is 59.3 Å². The summed E-state index contributed by atoms with van der Waals surface area (Å²) in [5.41, 5.74) is 0. The van der Waals surface area contributed by atoms with Crippen LogP contribution in [0.3, 0.4) is 0 Å². The number of carbonyl (C=O) groups is 4. The lowest BCUT2D eigenvalue weighted by Gasteiger charge is -2.18. The molecule has 0 heterocycles. The molecule has 0 saturated heterocycles. The van der Waals surface area contributed by atoms with Crippen LogP contribution < -0.4 is 10.6 Å². The zero-order valence-corrected chi connectivity index (χ0v) is 36.9. The first-order chi connectivity index (χ1) is 27.8. The highest BCUT2D eigenvalue weighted by atomic mass is 16.5. The number of aliphatic hydroxyl groups is 1. The van der Waals surface area contributed by atoms with Gasteiger partial charge in [-0.15, -0.1) is 0 Å². The van der Waals surface area contributed by atoms with Crippen molar-refractivity contribution < 1.29 is 34.1 Å². The van der Waals surface area contributed by atoms with Crippen LogP contribution >= 0.6 is 0 Å². The molecule has 4 N–H and O–H groups in total. The van der Waals surface area contributed by atoms with Crippen LogP contribution in [0, 0.1) is 0 Å². The number of hydrogen-bond acceptors (Lipinski definition) is 6. The van der Waals surface area contributed by atoms with Crippen molar-refractivity contribution in [3.05, 3.63) is 24.3 Å². The summed E-state index contributed by atoms with van der Waals surface area (Å²) in [6.45, 7) is 3.48. The summed E-state index contributed by atoms with van der Waals surface area (Å²) in [6.07, 6.45) is 47.7. The molecule has 0 bridgehead atoms. The van der Waals surface area contributed by atoms with E-state index in [9.17, 15) is 19.2 Å². The molecular formula is C48H88N2O7. The van der Waals surface area contributed by atoms with Crippen LogP contribution in [0.25, 0.3) is 0 Å². The van der Waals surface area contributed by atoms with Gasteiger partial charge in [0.15, 0.2) is 0 Å². The molecule has 0 spiro atoms. The summed E-state index contributed by atoms with van der Waals surface area (Å²) in [5, 5.41) is 22.6. The van der Waals surface area contributed by atoms with Crippen LogP contribution in [0.4, 0.5) is 0 Å². The third-order valence-corrected chi connectivity index (χ3v) is 10.7. The first kappa shape index (κ1) is 54.3. The van der Waals surface area contributed by atoms with Crippen molar-refractivity contribution in [2.75, 3.05) is 13.2 Å². The van der Waals surface area contributed by atoms with Gasteiger partial charge in [0.05, 0.1) is 13.2 Å². The van der Waals surface area contributed by atoms with Gasteiger partial charge in [-0.3, -0.25) is 14.4 Å². The maximum absolute atomic E-state index is 12.8. The Bertz CT molecular complexity index is 1010. The molecule has 0 aromatic carbocycles. The number of carboxylic acid groups (broad SMARTS) is 1. The Hall–Kier alpha value is -2.68. The van der Waals surface area contributed by atoms with E-state index in [0.29, 0.717) is 19.3 Å². The molecule has 0 radical (unpaired) electrons. The lowest BCUT2D eigenvalue weighted by Crippen LogP contribution is -2.47. The Morgan fingerprint density at radius 3 is 1.42 bits per heavy atom. The number of amides is 2. The summed E-state index contributed by atoms with van der Waals surface area (Å²) in [5.74, 6) is -2.29. The minimum Gasteiger partial charge on any atom is -0.480 e. The molecule has 0 aliphatic heterocycles. The van der Waals surface area contributed by atoms with Crippen LogP contribution in [0.5, 0.6) is 0 Å². The molecule has 9 nitrogen and oxygen atoms in total. The molecule has 0 fully saturated rings. The Labute approximate surface area is 349 Å². The summed E-state index contributed by atoms with van der Waals surface area (Å²) in [4.78, 5) is 47.7. The second kappa shape index (κ2) is 42.9. The average molecular weight is 805 g/mol. The number of carbonyl (C=O) groups excluding carboxylic acids is 3. The number of allylic oxidation sites excluding steroid dienone is 4. The van der Waals surface area contributed by atoms with E-state index < -0.39 is 24.5 Å². The van der Waals surface area contributed by atoms with E-state index in [0.717, 1.165) is 64.2 Å². The molecule has 57 heavy (non-hydrogen) atoms. The zero-order chi connectivity index (χ0) is 41.9. The molecule has 2 unspecified atom stereocenters. The van der Waals surface area contributed by atoms with Crippen LogP contribution in [-0.2, 0) is 23.9 Å². The largest absolute Gasteiger partial charge is 0.480 e. The Morgan fingerprint density at radius 2 is 0.947 bits per heavy atom. The Morgan fingerprint density at radius 1 is 0.526 bits per heavy atom. The zero-order valence-electron chi connectivity index (χ0n) is 36.9. The minimum atomic E-state index is -1.38. The van der Waals surface area contributed by atoms with E-state index in [1.54, 1.807) is 0 Å². The molecule has 0 rings (SSSR count). The molecule has 0 aliphatic rings. The molecule has 0 saturated carbocycles. The number of aliphatic carboxylic acids is 1. The normalized spacial score (nSPS) is 12.6. The van der Waals surface area contributed by atoms with Gasteiger partial charge in [-0.25, -0.2) is 4.79 Å². The Balaban J connectivity index is 4.26. The van der Waals surface area contributed by atoms with Gasteiger partial charge in [0.1, 0.15) is 12.1 Å². The number of esters is 1. The second-order valence-electron chi connectivity index (χ2n) is 16.2. The third kappa shape index (κ3) is 39.9. The van der Waals surface area contributed by atoms with E-state index >= 15 is 0 Å². The van der Waals surface area contributed by atoms with Gasteiger partial charge in [0, 0.05) is 12.8 Å². The minimum absolute atomic E-state index is 0.0137. The summed E-state index contributed by atoms with van der Waals surface area (Å²) >= 11 is 0. The number of aliphatic hydroxyl groups excluding tert-OH is 1. The molecule has 2 atom stereocenters. The topological polar surface area (TPSA) is 142 Å².